The van der Waals surface area contributed by atoms with Gasteiger partial charge in [0.1, 0.15) is 9.92 Å². The zero-order valence-corrected chi connectivity index (χ0v) is 12.6. The smallest absolute Gasteiger partial charge is 0.258 e. The highest BCUT2D eigenvalue weighted by atomic mass is 35.5. The van der Waals surface area contributed by atoms with E-state index >= 15 is 0 Å². The first-order valence-electron chi connectivity index (χ1n) is 5.97. The van der Waals surface area contributed by atoms with Gasteiger partial charge in [0.25, 0.3) is 5.69 Å². The van der Waals surface area contributed by atoms with E-state index < -0.39 is 30.6 Å². The van der Waals surface area contributed by atoms with Gasteiger partial charge in [-0.3, -0.25) is 10.1 Å². The van der Waals surface area contributed by atoms with Gasteiger partial charge >= 0.3 is 0 Å². The summed E-state index contributed by atoms with van der Waals surface area (Å²) in [6.07, 6.45) is 3.37. The summed E-state index contributed by atoms with van der Waals surface area (Å²) in [7, 11) is -3.98. The number of nitro groups is 1. The van der Waals surface area contributed by atoms with Crippen LogP contribution in [0.4, 0.5) is 5.69 Å². The molecule has 9 heteroatoms. The molecule has 6 nitrogen and oxygen atoms in total. The fourth-order valence-corrected chi connectivity index (χ4v) is 4.74. The highest BCUT2D eigenvalue weighted by Crippen LogP contribution is 2.36. The van der Waals surface area contributed by atoms with Crippen LogP contribution in [0.3, 0.4) is 0 Å². The van der Waals surface area contributed by atoms with Crippen LogP contribution >= 0.6 is 23.2 Å². The molecule has 1 fully saturated rings. The third-order valence-electron chi connectivity index (χ3n) is 3.17. The summed E-state index contributed by atoms with van der Waals surface area (Å²) < 4.78 is 27.1. The number of benzene rings is 1. The lowest BCUT2D eigenvalue weighted by Crippen LogP contribution is -2.33. The Morgan fingerprint density at radius 3 is 2.40 bits per heavy atom. The highest BCUT2D eigenvalue weighted by Gasteiger charge is 2.30. The van der Waals surface area contributed by atoms with Gasteiger partial charge in [0.15, 0.2) is 0 Å². The molecule has 1 aromatic rings. The Morgan fingerprint density at radius 2 is 1.85 bits per heavy atom. The van der Waals surface area contributed by atoms with E-state index in [4.69, 9.17) is 23.2 Å². The molecule has 110 valence electrons. The van der Waals surface area contributed by atoms with E-state index in [2.05, 4.69) is 4.72 Å². The normalized spacial score (nSPS) is 16.5. The van der Waals surface area contributed by atoms with Crippen molar-refractivity contribution in [1.82, 2.24) is 4.72 Å². The van der Waals surface area contributed by atoms with Crippen molar-refractivity contribution in [3.05, 3.63) is 32.3 Å². The molecular formula is C11H12Cl2N2O4S. The van der Waals surface area contributed by atoms with Gasteiger partial charge in [0, 0.05) is 12.1 Å². The Labute approximate surface area is 126 Å². The molecule has 0 atom stereocenters. The highest BCUT2D eigenvalue weighted by molar-refractivity contribution is 7.89. The van der Waals surface area contributed by atoms with Crippen LogP contribution in [0.25, 0.3) is 0 Å². The summed E-state index contributed by atoms with van der Waals surface area (Å²) in [6.45, 7) is 0. The van der Waals surface area contributed by atoms with E-state index in [-0.39, 0.29) is 11.1 Å². The maximum Gasteiger partial charge on any atom is 0.289 e. The van der Waals surface area contributed by atoms with Crippen molar-refractivity contribution in [2.75, 3.05) is 0 Å². The fourth-order valence-electron chi connectivity index (χ4n) is 2.23. The number of nitrogens with one attached hydrogen (secondary N) is 1. The number of rotatable bonds is 4. The molecule has 0 amide bonds. The molecule has 1 N–H and O–H groups in total. The van der Waals surface area contributed by atoms with E-state index in [1.54, 1.807) is 0 Å². The van der Waals surface area contributed by atoms with Crippen molar-refractivity contribution >= 4 is 38.9 Å². The number of nitro benzene ring substituents is 1. The van der Waals surface area contributed by atoms with Gasteiger partial charge in [0.2, 0.25) is 10.0 Å². The lowest BCUT2D eigenvalue weighted by atomic mass is 10.3. The Balaban J connectivity index is 2.44. The van der Waals surface area contributed by atoms with Crippen LogP contribution in [-0.2, 0) is 10.0 Å². The Hall–Kier alpha value is -0.890. The van der Waals surface area contributed by atoms with Crippen LogP contribution in [0, 0.1) is 10.1 Å². The van der Waals surface area contributed by atoms with E-state index in [1.807, 2.05) is 0 Å². The molecule has 1 aliphatic rings. The lowest BCUT2D eigenvalue weighted by molar-refractivity contribution is -0.384. The second-order valence-corrected chi connectivity index (χ2v) is 7.01. The van der Waals surface area contributed by atoms with E-state index in [0.29, 0.717) is 0 Å². The van der Waals surface area contributed by atoms with Crippen molar-refractivity contribution < 1.29 is 13.3 Å². The average Bonchev–Trinajstić information content (AvgIpc) is 2.79. The van der Waals surface area contributed by atoms with Gasteiger partial charge in [-0.1, -0.05) is 36.0 Å². The summed E-state index contributed by atoms with van der Waals surface area (Å²) in [6, 6.07) is 2.07. The Bertz CT molecular complexity index is 642. The van der Waals surface area contributed by atoms with Gasteiger partial charge in [-0.15, -0.1) is 0 Å². The standard InChI is InChI=1S/C11H12Cl2N2O4S/c12-8-5-6-9(15(16)17)10(13)11(8)20(18,19)14-7-3-1-2-4-7/h5-7,14H,1-4H2. The van der Waals surface area contributed by atoms with Crippen LogP contribution in [0.2, 0.25) is 10.0 Å². The lowest BCUT2D eigenvalue weighted by Gasteiger charge is -2.14. The molecule has 0 radical (unpaired) electrons. The van der Waals surface area contributed by atoms with Gasteiger partial charge in [-0.25, -0.2) is 13.1 Å². The second-order valence-electron chi connectivity index (χ2n) is 4.57. The largest absolute Gasteiger partial charge is 0.289 e. The molecular weight excluding hydrogens is 327 g/mol. The van der Waals surface area contributed by atoms with Gasteiger partial charge in [-0.05, 0) is 18.9 Å². The first kappa shape index (κ1) is 15.5. The summed E-state index contributed by atoms with van der Waals surface area (Å²) >= 11 is 11.7. The zero-order valence-electron chi connectivity index (χ0n) is 10.3. The molecule has 1 aliphatic carbocycles. The van der Waals surface area contributed by atoms with Crippen LogP contribution in [0.1, 0.15) is 25.7 Å². The number of nitrogens with zero attached hydrogens (tertiary/aromatic N) is 1. The molecule has 0 bridgehead atoms. The minimum Gasteiger partial charge on any atom is -0.258 e. The zero-order chi connectivity index (χ0) is 14.9. The molecule has 20 heavy (non-hydrogen) atoms. The molecule has 0 saturated heterocycles. The monoisotopic (exact) mass is 338 g/mol. The first-order valence-corrected chi connectivity index (χ1v) is 8.21. The summed E-state index contributed by atoms with van der Waals surface area (Å²) in [5, 5.41) is 10.2. The molecule has 0 aromatic heterocycles. The average molecular weight is 339 g/mol. The van der Waals surface area contributed by atoms with Crippen molar-refractivity contribution in [1.29, 1.82) is 0 Å². The third-order valence-corrected chi connectivity index (χ3v) is 5.70. The predicted molar refractivity (Wildman–Crippen MR) is 75.7 cm³/mol. The molecule has 0 aliphatic heterocycles. The van der Waals surface area contributed by atoms with E-state index in [0.717, 1.165) is 37.8 Å². The van der Waals surface area contributed by atoms with E-state index in [9.17, 15) is 18.5 Å². The maximum absolute atomic E-state index is 12.3. The van der Waals surface area contributed by atoms with Crippen LogP contribution in [-0.4, -0.2) is 19.4 Å². The number of hydrogen-bond donors (Lipinski definition) is 1. The van der Waals surface area contributed by atoms with Crippen LogP contribution < -0.4 is 4.72 Å². The Kier molecular flexibility index (Phi) is 4.53. The van der Waals surface area contributed by atoms with Gasteiger partial charge < -0.3 is 0 Å². The molecule has 1 saturated carbocycles. The molecule has 2 rings (SSSR count). The van der Waals surface area contributed by atoms with Crippen molar-refractivity contribution in [3.63, 3.8) is 0 Å². The topological polar surface area (TPSA) is 89.3 Å². The third kappa shape index (κ3) is 3.06. The van der Waals surface area contributed by atoms with Crippen LogP contribution in [0.5, 0.6) is 0 Å². The number of sulfonamides is 1. The Morgan fingerprint density at radius 1 is 1.25 bits per heavy atom. The summed E-state index contributed by atoms with van der Waals surface area (Å²) in [4.78, 5) is 9.65. The molecule has 0 spiro atoms. The second kappa shape index (κ2) is 5.85. The van der Waals surface area contributed by atoms with Gasteiger partial charge in [0.05, 0.1) is 9.95 Å². The summed E-state index contributed by atoms with van der Waals surface area (Å²) in [5.74, 6) is 0. The minimum absolute atomic E-state index is 0.133. The van der Waals surface area contributed by atoms with Crippen molar-refractivity contribution in [3.8, 4) is 0 Å². The van der Waals surface area contributed by atoms with Crippen molar-refractivity contribution in [2.45, 2.75) is 36.6 Å². The number of hydrogen-bond acceptors (Lipinski definition) is 4. The minimum atomic E-state index is -3.98. The quantitative estimate of drug-likeness (QED) is 0.674. The van der Waals surface area contributed by atoms with Crippen molar-refractivity contribution in [2.24, 2.45) is 0 Å². The van der Waals surface area contributed by atoms with Gasteiger partial charge in [-0.2, -0.15) is 0 Å². The van der Waals surface area contributed by atoms with E-state index in [1.165, 1.54) is 0 Å². The van der Waals surface area contributed by atoms with Crippen LogP contribution in [0.15, 0.2) is 17.0 Å². The maximum atomic E-state index is 12.3. The SMILES string of the molecule is O=[N+]([O-])c1ccc(Cl)c(S(=O)(=O)NC2CCCC2)c1Cl. The fraction of sp³-hybridized carbons (Fsp3) is 0.455. The predicted octanol–water partition coefficient (Wildman–Crippen LogP) is 3.12. The molecule has 1 aromatic carbocycles. The molecule has 0 heterocycles. The first-order chi connectivity index (χ1) is 9.33. The molecule has 0 unspecified atom stereocenters. The summed E-state index contributed by atoms with van der Waals surface area (Å²) in [5.41, 5.74) is -0.483. The number of halogens is 2.